The molecule has 1 aliphatic heterocycles. The van der Waals surface area contributed by atoms with Gasteiger partial charge in [-0.2, -0.15) is 5.10 Å². The van der Waals surface area contributed by atoms with Gasteiger partial charge in [-0.05, 0) is 32.2 Å². The summed E-state index contributed by atoms with van der Waals surface area (Å²) in [6, 6.07) is -0.151. The van der Waals surface area contributed by atoms with E-state index in [4.69, 9.17) is 0 Å². The van der Waals surface area contributed by atoms with Crippen LogP contribution in [0.1, 0.15) is 19.8 Å². The summed E-state index contributed by atoms with van der Waals surface area (Å²) >= 11 is 1.44. The van der Waals surface area contributed by atoms with Gasteiger partial charge in [-0.15, -0.1) is 11.3 Å². The summed E-state index contributed by atoms with van der Waals surface area (Å²) in [5, 5.41) is 9.56. The van der Waals surface area contributed by atoms with Gasteiger partial charge in [0.1, 0.15) is 12.7 Å². The van der Waals surface area contributed by atoms with E-state index in [9.17, 15) is 4.79 Å². The van der Waals surface area contributed by atoms with E-state index in [1.165, 1.54) is 11.3 Å². The molecule has 2 aromatic rings. The van der Waals surface area contributed by atoms with Gasteiger partial charge in [0.25, 0.3) is 0 Å². The number of nitrogens with zero attached hydrogens (tertiary/aromatic N) is 5. The van der Waals surface area contributed by atoms with Crippen LogP contribution < -0.4 is 5.32 Å². The molecule has 1 saturated heterocycles. The number of piperidine rings is 1. The van der Waals surface area contributed by atoms with Crippen molar-refractivity contribution in [2.45, 2.75) is 32.4 Å². The summed E-state index contributed by atoms with van der Waals surface area (Å²) in [5.74, 6) is 0.516. The first-order valence-electron chi connectivity index (χ1n) is 7.49. The van der Waals surface area contributed by atoms with Crippen molar-refractivity contribution in [2.24, 2.45) is 5.92 Å². The summed E-state index contributed by atoms with van der Waals surface area (Å²) in [7, 11) is 0. The van der Waals surface area contributed by atoms with Gasteiger partial charge in [0.15, 0.2) is 5.13 Å². The molecule has 7 nitrogen and oxygen atoms in total. The van der Waals surface area contributed by atoms with E-state index in [1.807, 2.05) is 17.0 Å². The maximum absolute atomic E-state index is 12.3. The second-order valence-corrected chi connectivity index (χ2v) is 6.52. The monoisotopic (exact) mass is 320 g/mol. The van der Waals surface area contributed by atoms with Gasteiger partial charge < -0.3 is 5.32 Å². The Bertz CT molecular complexity index is 585. The second-order valence-electron chi connectivity index (χ2n) is 5.62. The molecule has 0 aromatic carbocycles. The minimum Gasteiger partial charge on any atom is -0.301 e. The van der Waals surface area contributed by atoms with Crippen molar-refractivity contribution in [1.29, 1.82) is 0 Å². The molecule has 3 rings (SSSR count). The standard InChI is InChI=1S/C14H20N6OS/c1-11(13(21)18-14-16-4-6-22-14)19-5-2-3-12(7-19)8-20-10-15-9-17-20/h4,6,9-12H,2-3,5,7-8H2,1H3,(H,16,18,21)/t11-,12-/m1/s1. The van der Waals surface area contributed by atoms with Crippen molar-refractivity contribution in [3.8, 4) is 0 Å². The number of rotatable bonds is 5. The predicted octanol–water partition coefficient (Wildman–Crippen LogP) is 1.47. The van der Waals surface area contributed by atoms with Crippen molar-refractivity contribution >= 4 is 22.4 Å². The average molecular weight is 320 g/mol. The molecule has 3 heterocycles. The second kappa shape index (κ2) is 6.97. The largest absolute Gasteiger partial charge is 0.301 e. The Labute approximate surface area is 133 Å². The van der Waals surface area contributed by atoms with Crippen LogP contribution >= 0.6 is 11.3 Å². The van der Waals surface area contributed by atoms with Gasteiger partial charge >= 0.3 is 0 Å². The normalized spacial score (nSPS) is 20.7. The lowest BCUT2D eigenvalue weighted by Gasteiger charge is -2.35. The summed E-state index contributed by atoms with van der Waals surface area (Å²) in [6.07, 6.45) is 7.27. The predicted molar refractivity (Wildman–Crippen MR) is 84.5 cm³/mol. The average Bonchev–Trinajstić information content (AvgIpc) is 3.20. The molecule has 118 valence electrons. The van der Waals surface area contributed by atoms with Crippen LogP contribution in [-0.4, -0.2) is 49.7 Å². The fraction of sp³-hybridized carbons (Fsp3) is 0.571. The van der Waals surface area contributed by atoms with Crippen molar-refractivity contribution in [2.75, 3.05) is 18.4 Å². The lowest BCUT2D eigenvalue weighted by molar-refractivity contribution is -0.121. The van der Waals surface area contributed by atoms with Crippen LogP contribution in [0.2, 0.25) is 0 Å². The van der Waals surface area contributed by atoms with E-state index in [2.05, 4.69) is 25.3 Å². The third-order valence-electron chi connectivity index (χ3n) is 4.05. The maximum atomic E-state index is 12.3. The fourth-order valence-electron chi connectivity index (χ4n) is 2.85. The first-order valence-corrected chi connectivity index (χ1v) is 8.37. The molecule has 1 fully saturated rings. The zero-order chi connectivity index (χ0) is 15.4. The molecular weight excluding hydrogens is 300 g/mol. The minimum absolute atomic E-state index is 0.0105. The van der Waals surface area contributed by atoms with Crippen LogP contribution in [0.4, 0.5) is 5.13 Å². The maximum Gasteiger partial charge on any atom is 0.243 e. The molecule has 0 radical (unpaired) electrons. The van der Waals surface area contributed by atoms with Crippen molar-refractivity contribution < 1.29 is 4.79 Å². The topological polar surface area (TPSA) is 75.9 Å². The molecule has 2 aromatic heterocycles. The van der Waals surface area contributed by atoms with Crippen molar-refractivity contribution in [1.82, 2.24) is 24.6 Å². The smallest absolute Gasteiger partial charge is 0.243 e. The van der Waals surface area contributed by atoms with Gasteiger partial charge in [0.2, 0.25) is 5.91 Å². The summed E-state index contributed by atoms with van der Waals surface area (Å²) in [5.41, 5.74) is 0. The molecule has 0 spiro atoms. The van der Waals surface area contributed by atoms with Gasteiger partial charge in [0, 0.05) is 24.7 Å². The number of amides is 1. The van der Waals surface area contributed by atoms with Gasteiger partial charge in [-0.3, -0.25) is 14.4 Å². The number of carbonyl (C=O) groups is 1. The molecule has 1 aliphatic rings. The zero-order valence-corrected chi connectivity index (χ0v) is 13.4. The lowest BCUT2D eigenvalue weighted by atomic mass is 9.96. The van der Waals surface area contributed by atoms with Crippen molar-refractivity contribution in [3.05, 3.63) is 24.2 Å². The number of anilines is 1. The quantitative estimate of drug-likeness (QED) is 0.903. The van der Waals surface area contributed by atoms with Crippen LogP contribution in [0, 0.1) is 5.92 Å². The third kappa shape index (κ3) is 3.69. The van der Waals surface area contributed by atoms with E-state index in [0.29, 0.717) is 11.0 Å². The Morgan fingerprint density at radius 2 is 2.50 bits per heavy atom. The lowest BCUT2D eigenvalue weighted by Crippen LogP contribution is -2.47. The highest BCUT2D eigenvalue weighted by atomic mass is 32.1. The Balaban J connectivity index is 1.55. The molecule has 0 unspecified atom stereocenters. The Morgan fingerprint density at radius 3 is 3.23 bits per heavy atom. The van der Waals surface area contributed by atoms with Crippen LogP contribution in [0.15, 0.2) is 24.2 Å². The highest BCUT2D eigenvalue weighted by molar-refractivity contribution is 7.13. The molecule has 8 heteroatoms. The Hall–Kier alpha value is -1.80. The van der Waals surface area contributed by atoms with Gasteiger partial charge in [-0.25, -0.2) is 9.97 Å². The van der Waals surface area contributed by atoms with E-state index in [-0.39, 0.29) is 11.9 Å². The number of likely N-dealkylation sites (tertiary alicyclic amines) is 1. The summed E-state index contributed by atoms with van der Waals surface area (Å²) < 4.78 is 1.87. The number of aromatic nitrogens is 4. The van der Waals surface area contributed by atoms with Crippen LogP contribution in [-0.2, 0) is 11.3 Å². The number of thiazole rings is 1. The number of nitrogens with one attached hydrogen (secondary N) is 1. The van der Waals surface area contributed by atoms with Gasteiger partial charge in [0.05, 0.1) is 6.04 Å². The fourth-order valence-corrected chi connectivity index (χ4v) is 3.38. The van der Waals surface area contributed by atoms with E-state index in [0.717, 1.165) is 32.5 Å². The number of carbonyl (C=O) groups excluding carboxylic acids is 1. The van der Waals surface area contributed by atoms with E-state index in [1.54, 1.807) is 18.9 Å². The van der Waals surface area contributed by atoms with Crippen LogP contribution in [0.3, 0.4) is 0 Å². The highest BCUT2D eigenvalue weighted by Crippen LogP contribution is 2.21. The van der Waals surface area contributed by atoms with Crippen LogP contribution in [0.5, 0.6) is 0 Å². The molecule has 1 N–H and O–H groups in total. The Kier molecular flexibility index (Phi) is 4.79. The first-order chi connectivity index (χ1) is 10.7. The third-order valence-corrected chi connectivity index (χ3v) is 4.74. The molecular formula is C14H20N6OS. The molecule has 1 amide bonds. The number of hydrogen-bond donors (Lipinski definition) is 1. The van der Waals surface area contributed by atoms with E-state index < -0.39 is 0 Å². The molecule has 0 aliphatic carbocycles. The summed E-state index contributed by atoms with van der Waals surface area (Å²) in [4.78, 5) is 22.6. The number of hydrogen-bond acceptors (Lipinski definition) is 6. The SMILES string of the molecule is C[C@H](C(=O)Nc1nccs1)N1CCC[C@@H](Cn2cncn2)C1. The first kappa shape index (κ1) is 15.1. The molecule has 0 saturated carbocycles. The minimum atomic E-state index is -0.151. The molecule has 2 atom stereocenters. The van der Waals surface area contributed by atoms with E-state index >= 15 is 0 Å². The van der Waals surface area contributed by atoms with Crippen molar-refractivity contribution in [3.63, 3.8) is 0 Å². The molecule has 0 bridgehead atoms. The molecule has 22 heavy (non-hydrogen) atoms. The Morgan fingerprint density at radius 1 is 1.59 bits per heavy atom. The zero-order valence-electron chi connectivity index (χ0n) is 12.6. The summed E-state index contributed by atoms with van der Waals surface area (Å²) in [6.45, 7) is 4.69. The highest BCUT2D eigenvalue weighted by Gasteiger charge is 2.28. The van der Waals surface area contributed by atoms with Crippen LogP contribution in [0.25, 0.3) is 0 Å². The van der Waals surface area contributed by atoms with Gasteiger partial charge in [-0.1, -0.05) is 0 Å².